The smallest absolute Gasteiger partial charge is 0.416 e. The van der Waals surface area contributed by atoms with Gasteiger partial charge in [-0.25, -0.2) is 39.1 Å². The van der Waals surface area contributed by atoms with Crippen LogP contribution in [0.25, 0.3) is 22.3 Å². The average molecular weight is 1740 g/mol. The summed E-state index contributed by atoms with van der Waals surface area (Å²) in [4.78, 5) is 60.4. The highest BCUT2D eigenvalue weighted by Gasteiger charge is 2.43. The van der Waals surface area contributed by atoms with Crippen molar-refractivity contribution in [1.82, 2.24) is 9.35 Å². The van der Waals surface area contributed by atoms with Crippen LogP contribution in [0.3, 0.4) is 0 Å². The van der Waals surface area contributed by atoms with Crippen LogP contribution in [0.4, 0.5) is 105 Å². The quantitative estimate of drug-likeness (QED) is 0.0683. The Morgan fingerprint density at radius 3 is 0.933 bits per heavy atom. The predicted molar refractivity (Wildman–Crippen MR) is 380 cm³/mol. The van der Waals surface area contributed by atoms with Gasteiger partial charge >= 0.3 is 73.3 Å². The van der Waals surface area contributed by atoms with Crippen molar-refractivity contribution >= 4 is 75.1 Å². The number of allylic oxidation sites excluding steroid dienone is 4. The molecule has 10 aromatic rings. The number of esters is 4. The molecule has 2 aromatic heterocycles. The van der Waals surface area contributed by atoms with E-state index in [1.165, 1.54) is 101 Å². The number of hydrogen-bond donors (Lipinski definition) is 2. The first kappa shape index (κ1) is 85.1. The third-order valence-electron chi connectivity index (χ3n) is 18.3. The van der Waals surface area contributed by atoms with Gasteiger partial charge in [0.1, 0.15) is 23.0 Å². The van der Waals surface area contributed by atoms with Gasteiger partial charge in [0.15, 0.2) is 0 Å². The number of nitrogens with one attached hydrogen (secondary N) is 1. The molecule has 620 valence electrons. The Kier molecular flexibility index (Phi) is 21.9. The van der Waals surface area contributed by atoms with Gasteiger partial charge in [0.2, 0.25) is 0 Å². The van der Waals surface area contributed by atoms with Gasteiger partial charge in [-0.05, 0) is 192 Å². The molecule has 3 aliphatic rings. The second-order valence-corrected chi connectivity index (χ2v) is 27.2. The van der Waals surface area contributed by atoms with Crippen LogP contribution >= 0.6 is 23.2 Å². The van der Waals surface area contributed by atoms with Gasteiger partial charge in [-0.3, -0.25) is 0 Å². The molecular formula is C81H41Cl2F24N5O8. The number of hydrogen-bond acceptors (Lipinski definition) is 11. The second kappa shape index (κ2) is 30.9. The number of carbonyl (C=O) groups is 4. The van der Waals surface area contributed by atoms with Crippen molar-refractivity contribution in [3.05, 3.63) is 339 Å². The molecule has 0 amide bonds. The van der Waals surface area contributed by atoms with E-state index in [-0.39, 0.29) is 166 Å². The molecule has 120 heavy (non-hydrogen) atoms. The van der Waals surface area contributed by atoms with Crippen LogP contribution < -0.4 is 40.9 Å². The highest BCUT2D eigenvalue weighted by molar-refractivity contribution is 6.41. The molecule has 3 N–H and O–H groups in total. The molecule has 0 radical (unpaired) electrons. The first-order valence-electron chi connectivity index (χ1n) is 33.8. The zero-order valence-corrected chi connectivity index (χ0v) is 60.7. The molecule has 3 aliphatic heterocycles. The minimum atomic E-state index is -5.39. The van der Waals surface area contributed by atoms with Crippen molar-refractivity contribution in [3.63, 3.8) is 0 Å². The Morgan fingerprint density at radius 1 is 0.350 bits per heavy atom. The zero-order valence-electron chi connectivity index (χ0n) is 59.2. The maximum absolute atomic E-state index is 14.0. The fraction of sp³-hybridized carbons (Fsp3) is 0.123. The molecule has 5 heterocycles. The van der Waals surface area contributed by atoms with Crippen molar-refractivity contribution in [1.29, 1.82) is 0 Å². The van der Waals surface area contributed by atoms with E-state index < -0.39 is 169 Å². The normalized spacial score (nSPS) is 17.5. The van der Waals surface area contributed by atoms with Crippen LogP contribution in [0.1, 0.15) is 127 Å². The number of carbonyl (C=O) groups excluding carboxylic acids is 4. The Morgan fingerprint density at radius 2 is 0.625 bits per heavy atom. The lowest BCUT2D eigenvalue weighted by atomic mass is 9.94. The van der Waals surface area contributed by atoms with Crippen molar-refractivity contribution in [3.8, 4) is 23.0 Å². The lowest BCUT2D eigenvalue weighted by molar-refractivity contribution is -0.144. The van der Waals surface area contributed by atoms with E-state index in [9.17, 15) is 125 Å². The average Bonchev–Trinajstić information content (AvgIpc) is 1.57. The molecule has 1 unspecified atom stereocenters. The number of benzene rings is 8. The van der Waals surface area contributed by atoms with Crippen LogP contribution in [0.15, 0.2) is 233 Å². The monoisotopic (exact) mass is 1740 g/mol. The number of alkyl halides is 24. The van der Waals surface area contributed by atoms with Crippen LogP contribution in [0.2, 0.25) is 0 Å². The van der Waals surface area contributed by atoms with Gasteiger partial charge in [0.05, 0.1) is 111 Å². The van der Waals surface area contributed by atoms with Gasteiger partial charge in [0.25, 0.3) is 0 Å². The second-order valence-electron chi connectivity index (χ2n) is 26.4. The molecule has 1 atom stereocenters. The summed E-state index contributed by atoms with van der Waals surface area (Å²) in [7, 11) is 0. The molecule has 13 rings (SSSR count). The lowest BCUT2D eigenvalue weighted by Crippen LogP contribution is -2.43. The number of rotatable bonds is 12. The number of ether oxygens (including phenoxy) is 4. The Bertz CT molecular complexity index is 6050. The molecule has 4 bridgehead atoms. The maximum Gasteiger partial charge on any atom is 0.416 e. The third-order valence-corrected chi connectivity index (χ3v) is 19.0. The molecule has 13 nitrogen and oxygen atoms in total. The van der Waals surface area contributed by atoms with E-state index in [1.807, 2.05) is 0 Å². The molecule has 0 saturated heterocycles. The summed E-state index contributed by atoms with van der Waals surface area (Å²) in [5.41, 5.74) is -6.46. The molecule has 8 aromatic carbocycles. The SMILES string of the molecule is CC1=C(\c2ccc(C(=O)Oc3cc(C(F)(F)F)cc(C(F)(F)F)c3)cc2)c2ccc3n2Nn2/c(cc/c2=C(\c2ccc(C(=O)Oc4cc(C(F)(F)F)cc(C(F)(F)F)c4)cc2)C(N)/C(Cl)=C\1)=C(/c1ccc(C(=O)Oc2cc(C(F)(F)F)cc(C(F)(F)F)c2)cc1)C1=N/C(=C\3c2ccc(C(=O)Oc3cc(C(F)(F)F)cc(C(F)(F)F)c3)cc2)C(Cl)=C1. The van der Waals surface area contributed by atoms with E-state index in [2.05, 4.69) is 5.53 Å². The summed E-state index contributed by atoms with van der Waals surface area (Å²) in [6.07, 6.45) is -40.4. The Hall–Kier alpha value is -12.8. The number of nitrogens with zero attached hydrogens (tertiary/aromatic N) is 3. The molecule has 0 spiro atoms. The largest absolute Gasteiger partial charge is 0.423 e. The Labute approximate surface area is 665 Å². The van der Waals surface area contributed by atoms with Crippen molar-refractivity contribution in [2.45, 2.75) is 62.4 Å². The first-order valence-corrected chi connectivity index (χ1v) is 34.5. The fourth-order valence-electron chi connectivity index (χ4n) is 12.8. The van der Waals surface area contributed by atoms with Crippen molar-refractivity contribution in [2.24, 2.45) is 10.7 Å². The molecule has 39 heteroatoms. The van der Waals surface area contributed by atoms with Crippen LogP contribution in [0, 0.1) is 0 Å². The summed E-state index contributed by atoms with van der Waals surface area (Å²) < 4.78 is 358. The summed E-state index contributed by atoms with van der Waals surface area (Å²) in [5, 5.41) is -0.635. The van der Waals surface area contributed by atoms with Crippen LogP contribution in [-0.4, -0.2) is 45.0 Å². The van der Waals surface area contributed by atoms with Gasteiger partial charge in [0, 0.05) is 27.3 Å². The number of nitrogens with two attached hydrogens (primary N) is 1. The van der Waals surface area contributed by atoms with Crippen LogP contribution in [-0.2, 0) is 49.4 Å². The summed E-state index contributed by atoms with van der Waals surface area (Å²) in [6.45, 7) is 1.46. The van der Waals surface area contributed by atoms with Gasteiger partial charge < -0.3 is 24.7 Å². The van der Waals surface area contributed by atoms with Gasteiger partial charge in [-0.1, -0.05) is 71.7 Å². The standard InChI is InChI=1S/C81H41Cl2F24N5O8/c1-36-22-57(82)68(108)66(39-6-14-43(15-7-39)72(115)119-55-31-49(78(96,97)98)25-50(32-55)79(99,100)101)62-20-19-61-65(38-4-12-42(13-5-38)71(114)118-54-29-47(76(90,91)92)24-48(30-54)77(93,94)95)59-35-58(83)69(109-59)67(40-8-16-44(17-9-40)73(116)120-56-33-51(80(102,103)104)26-52(34-56)81(105,106)107)63-21-18-60(111(63)110-112(61)62)64(36)37-2-10-41(11-3-37)70(113)117-53-27-45(74(84,85)86)23-46(28-53)75(87,88)89/h2-35,68,110H,108H2,1H3/b57-22+,64-36-,65-61-,66-62-,69-67-. The van der Waals surface area contributed by atoms with Gasteiger partial charge in [-0.15, -0.1) is 0 Å². The number of fused-ring (bicyclic) bond motifs is 1. The highest BCUT2D eigenvalue weighted by atomic mass is 35.5. The summed E-state index contributed by atoms with van der Waals surface area (Å²) >= 11 is 14.7. The summed E-state index contributed by atoms with van der Waals surface area (Å²) in [6, 6.07) is 22.2. The van der Waals surface area contributed by atoms with E-state index in [1.54, 1.807) is 0 Å². The molecule has 0 fully saturated rings. The minimum absolute atomic E-state index is 0.00226. The van der Waals surface area contributed by atoms with Crippen molar-refractivity contribution in [2.75, 3.05) is 5.53 Å². The number of aromatic nitrogens is 2. The lowest BCUT2D eigenvalue weighted by Gasteiger charge is -2.24. The zero-order chi connectivity index (χ0) is 87.4. The molecule has 0 saturated carbocycles. The fourth-order valence-corrected chi connectivity index (χ4v) is 13.3. The highest BCUT2D eigenvalue weighted by Crippen LogP contribution is 2.46. The van der Waals surface area contributed by atoms with Crippen LogP contribution in [0.5, 0.6) is 23.0 Å². The Balaban J connectivity index is 1.03. The topological polar surface area (TPSA) is 165 Å². The van der Waals surface area contributed by atoms with Crippen molar-refractivity contribution < 1.29 is 143 Å². The van der Waals surface area contributed by atoms with E-state index in [0.717, 1.165) is 48.5 Å². The third kappa shape index (κ3) is 17.8. The van der Waals surface area contributed by atoms with E-state index in [4.69, 9.17) is 52.9 Å². The number of aliphatic imine (C=N–C) groups is 1. The first-order chi connectivity index (χ1) is 55.8. The maximum atomic E-state index is 14.0. The molecular weight excluding hydrogens is 1700 g/mol. The summed E-state index contributed by atoms with van der Waals surface area (Å²) in [5.74, 6) is -10.8. The van der Waals surface area contributed by atoms with E-state index >= 15 is 0 Å². The number of halogens is 26. The molecule has 0 aliphatic carbocycles. The predicted octanol–water partition coefficient (Wildman–Crippen LogP) is 21.4. The van der Waals surface area contributed by atoms with Gasteiger partial charge in [-0.2, -0.15) is 105 Å². The van der Waals surface area contributed by atoms with E-state index in [0.29, 0.717) is 0 Å². The minimum Gasteiger partial charge on any atom is -0.423 e.